The van der Waals surface area contributed by atoms with Crippen molar-refractivity contribution in [3.05, 3.63) is 41.2 Å². The Bertz CT molecular complexity index is 1080. The van der Waals surface area contributed by atoms with E-state index in [0.29, 0.717) is 11.8 Å². The van der Waals surface area contributed by atoms with E-state index in [9.17, 15) is 14.4 Å². The molecule has 150 valence electrons. The van der Waals surface area contributed by atoms with E-state index in [1.165, 1.54) is 17.4 Å². The summed E-state index contributed by atoms with van der Waals surface area (Å²) in [4.78, 5) is 44.5. The van der Waals surface area contributed by atoms with Crippen molar-refractivity contribution < 1.29 is 19.0 Å². The Morgan fingerprint density at radius 3 is 2.41 bits per heavy atom. The molecule has 3 heterocycles. The van der Waals surface area contributed by atoms with Gasteiger partial charge in [-0.15, -0.1) is 0 Å². The van der Waals surface area contributed by atoms with Crippen LogP contribution in [0.4, 0.5) is 10.7 Å². The monoisotopic (exact) mass is 394 g/mol. The van der Waals surface area contributed by atoms with Crippen molar-refractivity contribution in [2.45, 2.75) is 40.2 Å². The predicted molar refractivity (Wildman–Crippen MR) is 107 cm³/mol. The van der Waals surface area contributed by atoms with Gasteiger partial charge in [-0.3, -0.25) is 19.4 Å². The van der Waals surface area contributed by atoms with Crippen LogP contribution in [0.3, 0.4) is 0 Å². The van der Waals surface area contributed by atoms with Gasteiger partial charge in [0.25, 0.3) is 5.91 Å². The first-order valence-electron chi connectivity index (χ1n) is 9.66. The van der Waals surface area contributed by atoms with Crippen molar-refractivity contribution >= 4 is 29.5 Å². The van der Waals surface area contributed by atoms with Gasteiger partial charge < -0.3 is 0 Å². The lowest BCUT2D eigenvalue weighted by Gasteiger charge is -2.32. The van der Waals surface area contributed by atoms with Crippen LogP contribution >= 0.6 is 0 Å². The number of likely N-dealkylation sites (N-methyl/N-ethyl adjacent to an activating group) is 1. The molecule has 1 atom stereocenters. The summed E-state index contributed by atoms with van der Waals surface area (Å²) < 4.78 is 3.86. The summed E-state index contributed by atoms with van der Waals surface area (Å²) in [7, 11) is 1.59. The first-order valence-corrected chi connectivity index (χ1v) is 9.66. The molecular formula is C21H24N5O3+. The van der Waals surface area contributed by atoms with Gasteiger partial charge in [-0.1, -0.05) is 24.0 Å². The average molecular weight is 394 g/mol. The highest BCUT2D eigenvalue weighted by Crippen LogP contribution is 2.33. The van der Waals surface area contributed by atoms with Crippen LogP contribution in [-0.4, -0.2) is 51.5 Å². The number of amidine groups is 1. The fraction of sp³-hybridized carbons (Fsp3) is 0.381. The van der Waals surface area contributed by atoms with E-state index in [4.69, 9.17) is 0 Å². The molecule has 0 spiro atoms. The SMILES string of the molecule is CCc1ccc(-n2c(C)c(C)[n+]3c2N=C2C3C(=O)N(CC(C)=O)C(=O)N2C)cc1. The Hall–Kier alpha value is -3.29. The zero-order valence-corrected chi connectivity index (χ0v) is 17.3. The highest BCUT2D eigenvalue weighted by atomic mass is 16.2. The van der Waals surface area contributed by atoms with Crippen LogP contribution in [0.25, 0.3) is 5.69 Å². The molecule has 4 rings (SSSR count). The van der Waals surface area contributed by atoms with Crippen molar-refractivity contribution in [2.24, 2.45) is 4.99 Å². The molecular weight excluding hydrogens is 370 g/mol. The second-order valence-electron chi connectivity index (χ2n) is 7.54. The molecule has 2 aliphatic rings. The van der Waals surface area contributed by atoms with Crippen molar-refractivity contribution in [1.82, 2.24) is 14.4 Å². The van der Waals surface area contributed by atoms with Gasteiger partial charge in [0.15, 0.2) is 0 Å². The van der Waals surface area contributed by atoms with Gasteiger partial charge in [-0.05, 0) is 44.9 Å². The number of aliphatic imine (C=N–C) groups is 1. The van der Waals surface area contributed by atoms with Gasteiger partial charge in [-0.2, -0.15) is 4.57 Å². The second-order valence-corrected chi connectivity index (χ2v) is 7.54. The van der Waals surface area contributed by atoms with Crippen molar-refractivity contribution in [3.8, 4) is 5.69 Å². The summed E-state index contributed by atoms with van der Waals surface area (Å²) in [5.74, 6) is 0.316. The van der Waals surface area contributed by atoms with Crippen LogP contribution in [0.2, 0.25) is 0 Å². The molecule has 0 radical (unpaired) electrons. The molecule has 8 nitrogen and oxygen atoms in total. The summed E-state index contributed by atoms with van der Waals surface area (Å²) in [6, 6.07) is 6.94. The number of urea groups is 1. The average Bonchev–Trinajstić information content (AvgIpc) is 3.19. The Labute approximate surface area is 169 Å². The molecule has 1 unspecified atom stereocenters. The van der Waals surface area contributed by atoms with Crippen molar-refractivity contribution in [2.75, 3.05) is 13.6 Å². The number of Topliss-reactive ketones (excluding diaryl/α,β-unsaturated/α-hetero) is 1. The fourth-order valence-electron chi connectivity index (χ4n) is 3.99. The number of carbonyl (C=O) groups excluding carboxylic acids is 3. The van der Waals surface area contributed by atoms with Gasteiger partial charge in [0.1, 0.15) is 22.9 Å². The number of benzene rings is 1. The number of hydrogen-bond donors (Lipinski definition) is 0. The lowest BCUT2D eigenvalue weighted by atomic mass is 10.1. The number of imide groups is 1. The Morgan fingerprint density at radius 2 is 1.83 bits per heavy atom. The van der Waals surface area contributed by atoms with Gasteiger partial charge in [0.05, 0.1) is 6.54 Å². The number of aromatic nitrogens is 2. The molecule has 1 fully saturated rings. The topological polar surface area (TPSA) is 78.9 Å². The van der Waals surface area contributed by atoms with E-state index in [0.717, 1.165) is 28.4 Å². The molecule has 1 aromatic heterocycles. The molecule has 3 amide bonds. The Kier molecular flexibility index (Phi) is 4.37. The molecule has 0 saturated carbocycles. The predicted octanol–water partition coefficient (Wildman–Crippen LogP) is 2.01. The van der Waals surface area contributed by atoms with E-state index in [1.54, 1.807) is 7.05 Å². The molecule has 29 heavy (non-hydrogen) atoms. The maximum atomic E-state index is 13.2. The summed E-state index contributed by atoms with van der Waals surface area (Å²) in [5, 5.41) is 0. The highest BCUT2D eigenvalue weighted by Gasteiger charge is 2.54. The second kappa shape index (κ2) is 6.65. The van der Waals surface area contributed by atoms with E-state index in [2.05, 4.69) is 24.0 Å². The maximum Gasteiger partial charge on any atom is 0.407 e. The molecule has 0 aliphatic carbocycles. The van der Waals surface area contributed by atoms with Gasteiger partial charge in [0.2, 0.25) is 11.9 Å². The standard InChI is InChI=1S/C21H24N5O3/c1-6-15-7-9-16(10-8-15)25-13(3)14(4)26-17-18(22-20(25)26)23(5)21(29)24(19(17)28)11-12(2)27/h7-10,17H,6,11H2,1-5H3/q+1. The molecule has 0 bridgehead atoms. The first kappa shape index (κ1) is 19.0. The third-order valence-electron chi connectivity index (χ3n) is 5.70. The van der Waals surface area contributed by atoms with E-state index in [-0.39, 0.29) is 12.3 Å². The number of hydrogen-bond acceptors (Lipinski definition) is 4. The fourth-order valence-corrected chi connectivity index (χ4v) is 3.99. The van der Waals surface area contributed by atoms with E-state index < -0.39 is 18.0 Å². The number of ketones is 1. The van der Waals surface area contributed by atoms with Crippen LogP contribution in [0.5, 0.6) is 0 Å². The van der Waals surface area contributed by atoms with Crippen LogP contribution in [0, 0.1) is 13.8 Å². The van der Waals surface area contributed by atoms with Crippen molar-refractivity contribution in [3.63, 3.8) is 0 Å². The zero-order valence-electron chi connectivity index (χ0n) is 17.3. The lowest BCUT2D eigenvalue weighted by molar-refractivity contribution is -0.682. The first-order chi connectivity index (χ1) is 13.8. The van der Waals surface area contributed by atoms with Gasteiger partial charge in [0, 0.05) is 7.05 Å². The third kappa shape index (κ3) is 2.70. The number of nitrogens with zero attached hydrogens (tertiary/aromatic N) is 5. The number of carbonyl (C=O) groups is 3. The van der Waals surface area contributed by atoms with Crippen LogP contribution in [-0.2, 0) is 16.0 Å². The van der Waals surface area contributed by atoms with E-state index in [1.807, 2.05) is 35.1 Å². The van der Waals surface area contributed by atoms with Gasteiger partial charge >= 0.3 is 12.0 Å². The number of fused-ring (bicyclic) bond motifs is 3. The lowest BCUT2D eigenvalue weighted by Crippen LogP contribution is -2.63. The largest absolute Gasteiger partial charge is 0.407 e. The number of amides is 3. The Morgan fingerprint density at radius 1 is 1.17 bits per heavy atom. The number of imidazole rings is 1. The summed E-state index contributed by atoms with van der Waals surface area (Å²) in [6.45, 7) is 7.16. The minimum absolute atomic E-state index is 0.237. The smallest absolute Gasteiger partial charge is 0.298 e. The molecule has 2 aromatic rings. The maximum absolute atomic E-state index is 13.2. The summed E-state index contributed by atoms with van der Waals surface area (Å²) in [5.41, 5.74) is 4.04. The minimum atomic E-state index is -0.748. The molecule has 2 aliphatic heterocycles. The highest BCUT2D eigenvalue weighted by molar-refractivity contribution is 6.19. The number of aryl methyl sites for hydroxylation is 1. The van der Waals surface area contributed by atoms with Crippen LogP contribution < -0.4 is 4.57 Å². The summed E-state index contributed by atoms with van der Waals surface area (Å²) >= 11 is 0. The van der Waals surface area contributed by atoms with Crippen molar-refractivity contribution in [1.29, 1.82) is 0 Å². The van der Waals surface area contributed by atoms with Crippen LogP contribution in [0.1, 0.15) is 36.8 Å². The van der Waals surface area contributed by atoms with Gasteiger partial charge in [-0.25, -0.2) is 9.36 Å². The molecule has 1 aromatic carbocycles. The van der Waals surface area contributed by atoms with E-state index >= 15 is 0 Å². The van der Waals surface area contributed by atoms with Crippen LogP contribution in [0.15, 0.2) is 29.3 Å². The quantitative estimate of drug-likeness (QED) is 0.744. The zero-order chi connectivity index (χ0) is 21.0. The molecule has 8 heteroatoms. The third-order valence-corrected chi connectivity index (χ3v) is 5.70. The minimum Gasteiger partial charge on any atom is -0.298 e. The number of rotatable bonds is 4. The summed E-state index contributed by atoms with van der Waals surface area (Å²) in [6.07, 6.45) is 0.953. The normalized spacial score (nSPS) is 18.1. The Balaban J connectivity index is 1.87. The molecule has 0 N–H and O–H groups in total. The molecule has 1 saturated heterocycles.